The largest absolute Gasteiger partial charge is 0.312 e. The molecule has 1 heterocycles. The third-order valence-corrected chi connectivity index (χ3v) is 1.80. The first-order valence-corrected chi connectivity index (χ1v) is 3.86. The smallest absolute Gasteiger partial charge is 0.103 e. The Morgan fingerprint density at radius 2 is 1.92 bits per heavy atom. The molecule has 0 spiro atoms. The van der Waals surface area contributed by atoms with Crippen molar-refractivity contribution in [1.82, 2.24) is 0 Å². The predicted molar refractivity (Wildman–Crippen MR) is 49.2 cm³/mol. The lowest BCUT2D eigenvalue weighted by Crippen LogP contribution is -2.95. The van der Waals surface area contributed by atoms with Gasteiger partial charge in [0, 0.05) is 0 Å². The third kappa shape index (κ3) is 1.29. The molecule has 1 unspecified atom stereocenters. The van der Waals surface area contributed by atoms with Crippen LogP contribution in [0.3, 0.4) is 0 Å². The van der Waals surface area contributed by atoms with Crippen molar-refractivity contribution in [2.24, 2.45) is 5.10 Å². The van der Waals surface area contributed by atoms with Crippen molar-refractivity contribution >= 4 is 11.8 Å². The quantitative estimate of drug-likeness (QED) is 0.579. The number of allylic oxidation sites excluding steroid dienone is 1. The number of nitrogens with zero attached hydrogens (tertiary/aromatic N) is 1. The molecule has 12 heavy (non-hydrogen) atoms. The Kier molecular flexibility index (Phi) is 1.76. The van der Waals surface area contributed by atoms with Gasteiger partial charge in [-0.3, -0.25) is 0 Å². The first-order valence-electron chi connectivity index (χ1n) is 3.86. The van der Waals surface area contributed by atoms with Crippen molar-refractivity contribution in [3.8, 4) is 0 Å². The summed E-state index contributed by atoms with van der Waals surface area (Å²) in [6, 6.07) is 10.2. The molecule has 0 saturated carbocycles. The lowest BCUT2D eigenvalue weighted by molar-refractivity contribution is -0.800. The van der Waals surface area contributed by atoms with Gasteiger partial charge in [-0.05, 0) is 5.56 Å². The molecule has 0 aliphatic carbocycles. The van der Waals surface area contributed by atoms with E-state index < -0.39 is 0 Å². The second-order valence-electron chi connectivity index (χ2n) is 2.72. The van der Waals surface area contributed by atoms with Gasteiger partial charge in [-0.25, -0.2) is 0 Å². The Hall–Kier alpha value is -1.41. The first-order chi connectivity index (χ1) is 5.86. The summed E-state index contributed by atoms with van der Waals surface area (Å²) in [5, 5.41) is 4.91. The Morgan fingerprint density at radius 3 is 2.50 bits per heavy atom. The SMILES string of the molecule is [CH2-][NH+]1C=C(c2ccccc2)C=N1. The molecule has 1 aromatic rings. The summed E-state index contributed by atoms with van der Waals surface area (Å²) < 4.78 is 0. The van der Waals surface area contributed by atoms with Gasteiger partial charge in [-0.15, -0.1) is 12.1 Å². The molecule has 0 bridgehead atoms. The predicted octanol–water partition coefficient (Wildman–Crippen LogP) is 0.703. The van der Waals surface area contributed by atoms with E-state index >= 15 is 0 Å². The fraction of sp³-hybridized carbons (Fsp3) is 0. The van der Waals surface area contributed by atoms with Gasteiger partial charge in [0.25, 0.3) is 0 Å². The van der Waals surface area contributed by atoms with E-state index in [0.29, 0.717) is 0 Å². The summed E-state index contributed by atoms with van der Waals surface area (Å²) in [7, 11) is 3.76. The lowest BCUT2D eigenvalue weighted by Gasteiger charge is -1.99. The molecule has 2 rings (SSSR count). The zero-order valence-corrected chi connectivity index (χ0v) is 6.70. The highest BCUT2D eigenvalue weighted by molar-refractivity contribution is 6.09. The number of rotatable bonds is 1. The maximum absolute atomic E-state index is 4.08. The van der Waals surface area contributed by atoms with E-state index in [1.54, 1.807) is 0 Å². The van der Waals surface area contributed by atoms with Gasteiger partial charge < -0.3 is 5.01 Å². The Morgan fingerprint density at radius 1 is 1.17 bits per heavy atom. The fourth-order valence-electron chi connectivity index (χ4n) is 1.19. The van der Waals surface area contributed by atoms with Crippen molar-refractivity contribution in [3.05, 3.63) is 49.1 Å². The molecule has 60 valence electrons. The number of nitrogens with one attached hydrogen (secondary N) is 1. The van der Waals surface area contributed by atoms with Crippen LogP contribution in [0.4, 0.5) is 0 Å². The number of benzene rings is 1. The third-order valence-electron chi connectivity index (χ3n) is 1.80. The van der Waals surface area contributed by atoms with Crippen LogP contribution in [0, 0.1) is 7.05 Å². The van der Waals surface area contributed by atoms with Crippen LogP contribution >= 0.6 is 0 Å². The molecule has 0 saturated heterocycles. The summed E-state index contributed by atoms with van der Waals surface area (Å²) >= 11 is 0. The van der Waals surface area contributed by atoms with Crippen molar-refractivity contribution in [3.63, 3.8) is 0 Å². The van der Waals surface area contributed by atoms with Crippen LogP contribution in [0.5, 0.6) is 0 Å². The second kappa shape index (κ2) is 2.91. The van der Waals surface area contributed by atoms with Gasteiger partial charge in [-0.1, -0.05) is 30.3 Å². The number of hydrogen-bond acceptors (Lipinski definition) is 1. The van der Waals surface area contributed by atoms with Gasteiger partial charge in [0.2, 0.25) is 0 Å². The topological polar surface area (TPSA) is 16.8 Å². The Balaban J connectivity index is 2.34. The molecular weight excluding hydrogens is 148 g/mol. The summed E-state index contributed by atoms with van der Waals surface area (Å²) in [5.74, 6) is 0. The molecule has 0 fully saturated rings. The van der Waals surface area contributed by atoms with Crippen LogP contribution in [0.2, 0.25) is 0 Å². The zero-order chi connectivity index (χ0) is 8.39. The minimum atomic E-state index is 0.828. The lowest BCUT2D eigenvalue weighted by atomic mass is 10.1. The van der Waals surface area contributed by atoms with E-state index in [1.807, 2.05) is 30.6 Å². The van der Waals surface area contributed by atoms with Crippen LogP contribution in [-0.2, 0) is 0 Å². The maximum Gasteiger partial charge on any atom is 0.103 e. The number of quaternary nitrogens is 1. The van der Waals surface area contributed by atoms with E-state index in [1.165, 1.54) is 5.56 Å². The highest BCUT2D eigenvalue weighted by Crippen LogP contribution is 2.10. The summed E-state index contributed by atoms with van der Waals surface area (Å²) in [6.45, 7) is 0. The number of hydrogen-bond donors (Lipinski definition) is 1. The maximum atomic E-state index is 4.08. The van der Waals surface area contributed by atoms with E-state index in [-0.39, 0.29) is 0 Å². The zero-order valence-electron chi connectivity index (χ0n) is 6.70. The molecule has 1 aliphatic heterocycles. The molecule has 2 nitrogen and oxygen atoms in total. The molecular formula is C10H10N2. The minimum absolute atomic E-state index is 0.828. The van der Waals surface area contributed by atoms with Crippen LogP contribution in [0.25, 0.3) is 5.57 Å². The van der Waals surface area contributed by atoms with Gasteiger partial charge in [0.15, 0.2) is 0 Å². The molecule has 1 atom stereocenters. The Labute approximate surface area is 71.8 Å². The molecule has 0 radical (unpaired) electrons. The average molecular weight is 158 g/mol. The second-order valence-corrected chi connectivity index (χ2v) is 2.72. The van der Waals surface area contributed by atoms with Crippen molar-refractivity contribution in [2.75, 3.05) is 0 Å². The van der Waals surface area contributed by atoms with Crippen LogP contribution in [-0.4, -0.2) is 6.21 Å². The van der Waals surface area contributed by atoms with E-state index in [2.05, 4.69) is 24.3 Å². The Bertz CT molecular complexity index is 325. The monoisotopic (exact) mass is 158 g/mol. The molecule has 0 amide bonds. The standard InChI is InChI=1S/C10H10N2/c1-12-8-10(7-11-12)9-5-3-2-4-6-9/h2-8,12H,1H2. The minimum Gasteiger partial charge on any atom is -0.312 e. The van der Waals surface area contributed by atoms with Crippen LogP contribution < -0.4 is 5.01 Å². The van der Waals surface area contributed by atoms with Crippen molar-refractivity contribution < 1.29 is 5.01 Å². The van der Waals surface area contributed by atoms with Crippen molar-refractivity contribution in [2.45, 2.75) is 0 Å². The van der Waals surface area contributed by atoms with Crippen LogP contribution in [0.1, 0.15) is 5.56 Å². The summed E-state index contributed by atoms with van der Waals surface area (Å²) in [6.07, 6.45) is 3.83. The first kappa shape index (κ1) is 7.25. The molecule has 1 aromatic carbocycles. The highest BCUT2D eigenvalue weighted by Gasteiger charge is 2.05. The average Bonchev–Trinajstić information content (AvgIpc) is 2.54. The van der Waals surface area contributed by atoms with E-state index in [0.717, 1.165) is 10.6 Å². The molecule has 1 N–H and O–H groups in total. The van der Waals surface area contributed by atoms with E-state index in [4.69, 9.17) is 0 Å². The van der Waals surface area contributed by atoms with E-state index in [9.17, 15) is 0 Å². The molecule has 2 heteroatoms. The van der Waals surface area contributed by atoms with Gasteiger partial charge >= 0.3 is 0 Å². The highest BCUT2D eigenvalue weighted by atomic mass is 15.4. The van der Waals surface area contributed by atoms with Gasteiger partial charge in [0.1, 0.15) is 6.20 Å². The van der Waals surface area contributed by atoms with Gasteiger partial charge in [0.05, 0.1) is 11.8 Å². The molecule has 0 aromatic heterocycles. The van der Waals surface area contributed by atoms with Crippen LogP contribution in [0.15, 0.2) is 41.6 Å². The van der Waals surface area contributed by atoms with Crippen molar-refractivity contribution in [1.29, 1.82) is 0 Å². The summed E-state index contributed by atoms with van der Waals surface area (Å²) in [5.41, 5.74) is 2.33. The van der Waals surface area contributed by atoms with Gasteiger partial charge in [-0.2, -0.15) is 0 Å². The summed E-state index contributed by atoms with van der Waals surface area (Å²) in [4.78, 5) is 0. The normalized spacial score (nSPS) is 21.1. The fourth-order valence-corrected chi connectivity index (χ4v) is 1.19. The molecule has 1 aliphatic rings.